The summed E-state index contributed by atoms with van der Waals surface area (Å²) in [6.07, 6.45) is 12.0. The Labute approximate surface area is 107 Å². The van der Waals surface area contributed by atoms with Gasteiger partial charge in [-0.1, -0.05) is 12.2 Å². The van der Waals surface area contributed by atoms with E-state index in [2.05, 4.69) is 32.8 Å². The number of anilines is 1. The van der Waals surface area contributed by atoms with Crippen LogP contribution in [0.4, 0.5) is 5.82 Å². The van der Waals surface area contributed by atoms with Gasteiger partial charge < -0.3 is 10.6 Å². The van der Waals surface area contributed by atoms with Gasteiger partial charge in [-0.3, -0.25) is 9.78 Å². The molecule has 1 aliphatic carbocycles. The summed E-state index contributed by atoms with van der Waals surface area (Å²) in [5.41, 5.74) is 0. The van der Waals surface area contributed by atoms with Gasteiger partial charge in [0, 0.05) is 31.4 Å². The van der Waals surface area contributed by atoms with Gasteiger partial charge in [-0.25, -0.2) is 4.98 Å². The molecule has 1 unspecified atom stereocenters. The smallest absolute Gasteiger partial charge is 0.223 e. The van der Waals surface area contributed by atoms with Crippen molar-refractivity contribution < 1.29 is 4.79 Å². The molecule has 2 N–H and O–H groups in total. The maximum absolute atomic E-state index is 11.8. The van der Waals surface area contributed by atoms with E-state index in [1.165, 1.54) is 0 Å². The molecule has 0 bridgehead atoms. The molecule has 18 heavy (non-hydrogen) atoms. The summed E-state index contributed by atoms with van der Waals surface area (Å²) in [4.78, 5) is 19.9. The highest BCUT2D eigenvalue weighted by Gasteiger charge is 2.17. The molecule has 1 aromatic rings. The van der Waals surface area contributed by atoms with E-state index < -0.39 is 0 Å². The van der Waals surface area contributed by atoms with Crippen LogP contribution in [0.1, 0.15) is 19.3 Å². The molecule has 1 aliphatic rings. The lowest BCUT2D eigenvalue weighted by Crippen LogP contribution is -2.34. The van der Waals surface area contributed by atoms with Crippen molar-refractivity contribution in [3.8, 4) is 0 Å². The van der Waals surface area contributed by atoms with E-state index in [1.807, 2.05) is 0 Å². The van der Waals surface area contributed by atoms with E-state index in [4.69, 9.17) is 0 Å². The molecule has 1 heterocycles. The Balaban J connectivity index is 1.63. The van der Waals surface area contributed by atoms with E-state index in [1.54, 1.807) is 18.6 Å². The molecule has 0 fully saturated rings. The third kappa shape index (κ3) is 3.84. The molecular formula is C13H18N4O. The molecule has 0 radical (unpaired) electrons. The first kappa shape index (κ1) is 12.5. The lowest BCUT2D eigenvalue weighted by Gasteiger charge is -2.17. The lowest BCUT2D eigenvalue weighted by atomic mass is 9.94. The third-order valence-electron chi connectivity index (χ3n) is 2.93. The zero-order chi connectivity index (χ0) is 12.6. The highest BCUT2D eigenvalue weighted by atomic mass is 16.1. The first-order valence-corrected chi connectivity index (χ1v) is 6.29. The van der Waals surface area contributed by atoms with Crippen LogP contribution in [-0.4, -0.2) is 29.0 Å². The Kier molecular flexibility index (Phi) is 4.69. The SMILES string of the molecule is O=C(NCCNc1cnccn1)C1CC=CCC1. The maximum Gasteiger partial charge on any atom is 0.223 e. The van der Waals surface area contributed by atoms with Crippen LogP contribution in [0.15, 0.2) is 30.7 Å². The minimum absolute atomic E-state index is 0.145. The van der Waals surface area contributed by atoms with Crippen LogP contribution < -0.4 is 10.6 Å². The standard InChI is InChI=1S/C13H18N4O/c18-13(11-4-2-1-3-5-11)17-9-8-16-12-10-14-6-7-15-12/h1-2,6-7,10-11H,3-5,8-9H2,(H,15,16)(H,17,18). The van der Waals surface area contributed by atoms with Gasteiger partial charge >= 0.3 is 0 Å². The van der Waals surface area contributed by atoms with Gasteiger partial charge in [-0.05, 0) is 19.3 Å². The van der Waals surface area contributed by atoms with Crippen molar-refractivity contribution >= 4 is 11.7 Å². The number of rotatable bonds is 5. The topological polar surface area (TPSA) is 66.9 Å². The number of nitrogens with one attached hydrogen (secondary N) is 2. The number of carbonyl (C=O) groups excluding carboxylic acids is 1. The number of amides is 1. The number of hydrogen-bond acceptors (Lipinski definition) is 4. The van der Waals surface area contributed by atoms with Crippen LogP contribution in [0.5, 0.6) is 0 Å². The van der Waals surface area contributed by atoms with Gasteiger partial charge in [0.1, 0.15) is 5.82 Å². The number of allylic oxidation sites excluding steroid dienone is 2. The fourth-order valence-corrected chi connectivity index (χ4v) is 1.94. The number of nitrogens with zero attached hydrogens (tertiary/aromatic N) is 2. The van der Waals surface area contributed by atoms with E-state index >= 15 is 0 Å². The van der Waals surface area contributed by atoms with Crippen molar-refractivity contribution in [1.29, 1.82) is 0 Å². The summed E-state index contributed by atoms with van der Waals surface area (Å²) in [6.45, 7) is 1.27. The maximum atomic E-state index is 11.8. The monoisotopic (exact) mass is 246 g/mol. The highest BCUT2D eigenvalue weighted by Crippen LogP contribution is 2.17. The fourth-order valence-electron chi connectivity index (χ4n) is 1.94. The molecule has 5 heteroatoms. The van der Waals surface area contributed by atoms with Crippen LogP contribution >= 0.6 is 0 Å². The van der Waals surface area contributed by atoms with Gasteiger partial charge in [0.05, 0.1) is 6.20 Å². The summed E-state index contributed by atoms with van der Waals surface area (Å²) >= 11 is 0. The van der Waals surface area contributed by atoms with Gasteiger partial charge in [-0.15, -0.1) is 0 Å². The van der Waals surface area contributed by atoms with Crippen molar-refractivity contribution in [1.82, 2.24) is 15.3 Å². The summed E-state index contributed by atoms with van der Waals surface area (Å²) < 4.78 is 0. The number of hydrogen-bond donors (Lipinski definition) is 2. The second kappa shape index (κ2) is 6.74. The molecule has 5 nitrogen and oxygen atoms in total. The molecule has 1 atom stereocenters. The Bertz CT molecular complexity index is 405. The summed E-state index contributed by atoms with van der Waals surface area (Å²) in [6, 6.07) is 0. The molecule has 0 aromatic carbocycles. The minimum Gasteiger partial charge on any atom is -0.367 e. The zero-order valence-electron chi connectivity index (χ0n) is 10.3. The third-order valence-corrected chi connectivity index (χ3v) is 2.93. The van der Waals surface area contributed by atoms with Crippen molar-refractivity contribution in [2.24, 2.45) is 5.92 Å². The molecule has 96 valence electrons. The normalized spacial score (nSPS) is 18.3. The molecule has 0 saturated heterocycles. The first-order valence-electron chi connectivity index (χ1n) is 6.29. The average molecular weight is 246 g/mol. The zero-order valence-corrected chi connectivity index (χ0v) is 10.3. The predicted molar refractivity (Wildman–Crippen MR) is 70.0 cm³/mol. The highest BCUT2D eigenvalue weighted by molar-refractivity contribution is 5.78. The molecule has 1 amide bonds. The predicted octanol–water partition coefficient (Wildman–Crippen LogP) is 1.36. The summed E-state index contributed by atoms with van der Waals surface area (Å²) in [7, 11) is 0. The molecule has 2 rings (SSSR count). The Morgan fingerprint density at radius 2 is 2.28 bits per heavy atom. The lowest BCUT2D eigenvalue weighted by molar-refractivity contribution is -0.125. The van der Waals surface area contributed by atoms with Gasteiger partial charge in [-0.2, -0.15) is 0 Å². The van der Waals surface area contributed by atoms with Crippen molar-refractivity contribution in [3.05, 3.63) is 30.7 Å². The Morgan fingerprint density at radius 3 is 3.00 bits per heavy atom. The molecule has 0 aliphatic heterocycles. The van der Waals surface area contributed by atoms with Gasteiger partial charge in [0.2, 0.25) is 5.91 Å². The van der Waals surface area contributed by atoms with E-state index in [0.717, 1.165) is 25.1 Å². The summed E-state index contributed by atoms with van der Waals surface area (Å²) in [5, 5.41) is 6.04. The fraction of sp³-hybridized carbons (Fsp3) is 0.462. The van der Waals surface area contributed by atoms with Crippen molar-refractivity contribution in [2.75, 3.05) is 18.4 Å². The van der Waals surface area contributed by atoms with Crippen LogP contribution in [0, 0.1) is 5.92 Å². The molecular weight excluding hydrogens is 228 g/mol. The molecule has 0 saturated carbocycles. The van der Waals surface area contributed by atoms with Crippen LogP contribution in [0.3, 0.4) is 0 Å². The second-order valence-electron chi connectivity index (χ2n) is 4.29. The minimum atomic E-state index is 0.145. The number of aromatic nitrogens is 2. The van der Waals surface area contributed by atoms with Gasteiger partial charge in [0.25, 0.3) is 0 Å². The van der Waals surface area contributed by atoms with Crippen molar-refractivity contribution in [3.63, 3.8) is 0 Å². The second-order valence-corrected chi connectivity index (χ2v) is 4.29. The largest absolute Gasteiger partial charge is 0.367 e. The van der Waals surface area contributed by atoms with Crippen molar-refractivity contribution in [2.45, 2.75) is 19.3 Å². The van der Waals surface area contributed by atoms with Crippen LogP contribution in [0.25, 0.3) is 0 Å². The molecule has 0 spiro atoms. The Morgan fingerprint density at radius 1 is 1.33 bits per heavy atom. The first-order chi connectivity index (χ1) is 8.86. The number of carbonyl (C=O) groups is 1. The quantitative estimate of drug-likeness (QED) is 0.608. The van der Waals surface area contributed by atoms with E-state index in [9.17, 15) is 4.79 Å². The van der Waals surface area contributed by atoms with E-state index in [-0.39, 0.29) is 11.8 Å². The Hall–Kier alpha value is -1.91. The van der Waals surface area contributed by atoms with Crippen LogP contribution in [0.2, 0.25) is 0 Å². The molecule has 1 aromatic heterocycles. The van der Waals surface area contributed by atoms with Gasteiger partial charge in [0.15, 0.2) is 0 Å². The summed E-state index contributed by atoms with van der Waals surface area (Å²) in [5.74, 6) is 1.03. The van der Waals surface area contributed by atoms with Crippen LogP contribution in [-0.2, 0) is 4.79 Å². The van der Waals surface area contributed by atoms with E-state index in [0.29, 0.717) is 13.1 Å². The average Bonchev–Trinajstić information content (AvgIpc) is 2.45.